The van der Waals surface area contributed by atoms with E-state index in [-0.39, 0.29) is 23.5 Å². The average Bonchev–Trinajstić information content (AvgIpc) is 3.02. The number of hydrogen-bond donors (Lipinski definition) is 3. The van der Waals surface area contributed by atoms with Gasteiger partial charge in [0.2, 0.25) is 0 Å². The molecule has 0 spiro atoms. The molecule has 2 rings (SSSR count). The first-order valence-corrected chi connectivity index (χ1v) is 8.92. The summed E-state index contributed by atoms with van der Waals surface area (Å²) in [4.78, 5) is 29.7. The van der Waals surface area contributed by atoms with Crippen LogP contribution in [0.4, 0.5) is 13.2 Å². The van der Waals surface area contributed by atoms with Gasteiger partial charge in [0.05, 0.1) is 5.56 Å². The monoisotopic (exact) mass is 397 g/mol. The molecule has 28 heavy (non-hydrogen) atoms. The maximum Gasteiger partial charge on any atom is 0.416 e. The molecule has 2 aromatic rings. The number of halogens is 3. The number of nitrogens with one attached hydrogen (secondary N) is 2. The third-order valence-corrected chi connectivity index (χ3v) is 4.17. The molecule has 1 heterocycles. The molecule has 1 aromatic heterocycles. The molecule has 9 heteroatoms. The van der Waals surface area contributed by atoms with Crippen LogP contribution >= 0.6 is 0 Å². The lowest BCUT2D eigenvalue weighted by Gasteiger charge is -2.07. The SMILES string of the molecule is Cc1[nH]c(-c2cccc(C(F)(F)F)c2)nc1C(=O)NCCCCCCC(=O)O. The first-order valence-electron chi connectivity index (χ1n) is 8.92. The molecule has 0 aliphatic carbocycles. The van der Waals surface area contributed by atoms with Crippen molar-refractivity contribution in [3.05, 3.63) is 41.2 Å². The summed E-state index contributed by atoms with van der Waals surface area (Å²) in [5, 5.41) is 11.3. The van der Waals surface area contributed by atoms with Crippen LogP contribution in [0.1, 0.15) is 53.8 Å². The van der Waals surface area contributed by atoms with Crippen molar-refractivity contribution in [2.24, 2.45) is 0 Å². The van der Waals surface area contributed by atoms with Gasteiger partial charge in [-0.3, -0.25) is 9.59 Å². The highest BCUT2D eigenvalue weighted by Gasteiger charge is 2.30. The van der Waals surface area contributed by atoms with Crippen molar-refractivity contribution in [3.63, 3.8) is 0 Å². The summed E-state index contributed by atoms with van der Waals surface area (Å²) in [6, 6.07) is 4.74. The van der Waals surface area contributed by atoms with E-state index in [2.05, 4.69) is 15.3 Å². The second-order valence-electron chi connectivity index (χ2n) is 6.45. The van der Waals surface area contributed by atoms with Crippen molar-refractivity contribution in [1.82, 2.24) is 15.3 Å². The molecule has 0 fully saturated rings. The van der Waals surface area contributed by atoms with E-state index in [4.69, 9.17) is 5.11 Å². The number of carbonyl (C=O) groups excluding carboxylic acids is 1. The fourth-order valence-corrected chi connectivity index (χ4v) is 2.70. The fourth-order valence-electron chi connectivity index (χ4n) is 2.70. The number of amides is 1. The second-order valence-corrected chi connectivity index (χ2v) is 6.45. The number of nitrogens with zero attached hydrogens (tertiary/aromatic N) is 1. The third-order valence-electron chi connectivity index (χ3n) is 4.17. The Kier molecular flexibility index (Phi) is 7.19. The first kappa shape index (κ1) is 21.5. The van der Waals surface area contributed by atoms with E-state index < -0.39 is 23.6 Å². The van der Waals surface area contributed by atoms with Gasteiger partial charge < -0.3 is 15.4 Å². The van der Waals surface area contributed by atoms with E-state index in [0.29, 0.717) is 25.1 Å². The van der Waals surface area contributed by atoms with Crippen LogP contribution in [0.25, 0.3) is 11.4 Å². The number of carbonyl (C=O) groups is 2. The minimum absolute atomic E-state index is 0.136. The molecule has 0 aliphatic heterocycles. The first-order chi connectivity index (χ1) is 13.2. The minimum Gasteiger partial charge on any atom is -0.481 e. The van der Waals surface area contributed by atoms with Crippen LogP contribution in [-0.4, -0.2) is 33.5 Å². The number of carboxylic acid groups (broad SMARTS) is 1. The number of rotatable bonds is 9. The number of carboxylic acids is 1. The summed E-state index contributed by atoms with van der Waals surface area (Å²) >= 11 is 0. The number of alkyl halides is 3. The molecule has 0 atom stereocenters. The smallest absolute Gasteiger partial charge is 0.416 e. The van der Waals surface area contributed by atoms with Gasteiger partial charge in [0, 0.05) is 24.2 Å². The van der Waals surface area contributed by atoms with E-state index in [9.17, 15) is 22.8 Å². The van der Waals surface area contributed by atoms with Crippen LogP contribution in [0.5, 0.6) is 0 Å². The molecule has 0 radical (unpaired) electrons. The summed E-state index contributed by atoms with van der Waals surface area (Å²) in [6.07, 6.45) is -1.46. The number of aromatic nitrogens is 2. The van der Waals surface area contributed by atoms with Gasteiger partial charge >= 0.3 is 12.1 Å². The number of aromatic amines is 1. The lowest BCUT2D eigenvalue weighted by molar-refractivity contribution is -0.138. The number of hydrogen-bond acceptors (Lipinski definition) is 3. The molecule has 3 N–H and O–H groups in total. The van der Waals surface area contributed by atoms with Gasteiger partial charge in [0.15, 0.2) is 0 Å². The summed E-state index contributed by atoms with van der Waals surface area (Å²) in [7, 11) is 0. The highest BCUT2D eigenvalue weighted by Crippen LogP contribution is 2.31. The molecular weight excluding hydrogens is 375 g/mol. The Morgan fingerprint density at radius 3 is 2.57 bits per heavy atom. The van der Waals surface area contributed by atoms with Crippen LogP contribution < -0.4 is 5.32 Å². The van der Waals surface area contributed by atoms with Crippen LogP contribution in [0.2, 0.25) is 0 Å². The zero-order valence-electron chi connectivity index (χ0n) is 15.4. The molecule has 0 saturated heterocycles. The van der Waals surface area contributed by atoms with Crippen LogP contribution in [-0.2, 0) is 11.0 Å². The molecule has 0 unspecified atom stereocenters. The Morgan fingerprint density at radius 1 is 1.18 bits per heavy atom. The summed E-state index contributed by atoms with van der Waals surface area (Å²) in [5.41, 5.74) is 0.0630. The van der Waals surface area contributed by atoms with Gasteiger partial charge in [-0.05, 0) is 31.9 Å². The van der Waals surface area contributed by atoms with Crippen LogP contribution in [0, 0.1) is 6.92 Å². The zero-order chi connectivity index (χ0) is 20.7. The van der Waals surface area contributed by atoms with Crippen LogP contribution in [0.3, 0.4) is 0 Å². The van der Waals surface area contributed by atoms with Gasteiger partial charge in [0.1, 0.15) is 11.5 Å². The van der Waals surface area contributed by atoms with Crippen molar-refractivity contribution in [2.75, 3.05) is 6.54 Å². The summed E-state index contributed by atoms with van der Waals surface area (Å²) in [6.45, 7) is 2.04. The Hall–Kier alpha value is -2.84. The average molecular weight is 397 g/mol. The Labute approximate surface area is 160 Å². The molecule has 0 bridgehead atoms. The predicted octanol–water partition coefficient (Wildman–Crippen LogP) is 4.17. The topological polar surface area (TPSA) is 95.1 Å². The van der Waals surface area contributed by atoms with Crippen LogP contribution in [0.15, 0.2) is 24.3 Å². The van der Waals surface area contributed by atoms with Crippen molar-refractivity contribution in [2.45, 2.75) is 45.2 Å². The minimum atomic E-state index is -4.46. The molecule has 1 aromatic carbocycles. The normalized spacial score (nSPS) is 11.4. The van der Waals surface area contributed by atoms with E-state index >= 15 is 0 Å². The maximum absolute atomic E-state index is 12.9. The number of aryl methyl sites for hydroxylation is 1. The number of benzene rings is 1. The number of imidazole rings is 1. The molecule has 152 valence electrons. The molecule has 0 aliphatic rings. The van der Waals surface area contributed by atoms with Gasteiger partial charge in [0.25, 0.3) is 5.91 Å². The number of H-pyrrole nitrogens is 1. The largest absolute Gasteiger partial charge is 0.481 e. The molecule has 1 amide bonds. The van der Waals surface area contributed by atoms with Crippen molar-refractivity contribution >= 4 is 11.9 Å². The highest BCUT2D eigenvalue weighted by molar-refractivity contribution is 5.94. The van der Waals surface area contributed by atoms with Crippen molar-refractivity contribution in [1.29, 1.82) is 0 Å². The van der Waals surface area contributed by atoms with Crippen molar-refractivity contribution < 1.29 is 27.9 Å². The summed E-state index contributed by atoms with van der Waals surface area (Å²) in [5.74, 6) is -1.03. The lowest BCUT2D eigenvalue weighted by Crippen LogP contribution is -2.25. The quantitative estimate of drug-likeness (QED) is 0.554. The van der Waals surface area contributed by atoms with Gasteiger partial charge in [-0.15, -0.1) is 0 Å². The van der Waals surface area contributed by atoms with E-state index in [1.807, 2.05) is 0 Å². The second kappa shape index (κ2) is 9.38. The lowest BCUT2D eigenvalue weighted by atomic mass is 10.1. The van der Waals surface area contributed by atoms with E-state index in [1.54, 1.807) is 6.92 Å². The van der Waals surface area contributed by atoms with E-state index in [1.165, 1.54) is 12.1 Å². The zero-order valence-corrected chi connectivity index (χ0v) is 15.4. The molecular formula is C19H22F3N3O3. The van der Waals surface area contributed by atoms with Crippen molar-refractivity contribution in [3.8, 4) is 11.4 Å². The number of unbranched alkanes of at least 4 members (excludes halogenated alkanes) is 3. The standard InChI is InChI=1S/C19H22F3N3O3/c1-12-16(18(28)23-10-5-3-2-4-9-15(26)27)25-17(24-12)13-7-6-8-14(11-13)19(20,21)22/h6-8,11H,2-5,9-10H2,1H3,(H,23,28)(H,24,25)(H,26,27). The fraction of sp³-hybridized carbons (Fsp3) is 0.421. The van der Waals surface area contributed by atoms with E-state index in [0.717, 1.165) is 25.0 Å². The van der Waals surface area contributed by atoms with Gasteiger partial charge in [-0.25, -0.2) is 4.98 Å². The highest BCUT2D eigenvalue weighted by atomic mass is 19.4. The molecule has 6 nitrogen and oxygen atoms in total. The predicted molar refractivity (Wildman–Crippen MR) is 96.8 cm³/mol. The Morgan fingerprint density at radius 2 is 1.89 bits per heavy atom. The van der Waals surface area contributed by atoms with Gasteiger partial charge in [-0.2, -0.15) is 13.2 Å². The Bertz CT molecular complexity index is 831. The number of aliphatic carboxylic acids is 1. The van der Waals surface area contributed by atoms with Gasteiger partial charge in [-0.1, -0.05) is 25.0 Å². The Balaban J connectivity index is 1.93. The third kappa shape index (κ3) is 6.11. The maximum atomic E-state index is 12.9. The molecule has 0 saturated carbocycles. The summed E-state index contributed by atoms with van der Waals surface area (Å²) < 4.78 is 38.6.